The minimum atomic E-state index is 0.907. The summed E-state index contributed by atoms with van der Waals surface area (Å²) in [6.07, 6.45) is 5.75. The van der Waals surface area contributed by atoms with Gasteiger partial charge in [-0.25, -0.2) is 9.66 Å². The number of nitrogens with zero attached hydrogens (tertiary/aromatic N) is 3. The molecule has 0 atom stereocenters. The van der Waals surface area contributed by atoms with Crippen molar-refractivity contribution in [3.05, 3.63) is 47.8 Å². The molecule has 0 aliphatic carbocycles. The maximum absolute atomic E-state index is 4.38. The molecule has 1 aromatic heterocycles. The van der Waals surface area contributed by atoms with Gasteiger partial charge < -0.3 is 0 Å². The average Bonchev–Trinajstić information content (AvgIpc) is 2.68. The Bertz CT molecular complexity index is 488. The topological polar surface area (TPSA) is 30.2 Å². The van der Waals surface area contributed by atoms with Gasteiger partial charge in [0.1, 0.15) is 0 Å². The number of aromatic nitrogens is 2. The van der Waals surface area contributed by atoms with Crippen molar-refractivity contribution in [2.24, 2.45) is 5.10 Å². The Morgan fingerprint density at radius 3 is 2.75 bits per heavy atom. The van der Waals surface area contributed by atoms with Crippen molar-refractivity contribution in [3.63, 3.8) is 0 Å². The van der Waals surface area contributed by atoms with Crippen LogP contribution < -0.4 is 0 Å². The van der Waals surface area contributed by atoms with Gasteiger partial charge in [0.2, 0.25) is 0 Å². The zero-order chi connectivity index (χ0) is 11.4. The standard InChI is InChI=1S/C12H13N3S/c1-10-9-15(12(14-10)16-2)13-8-11-6-4-3-5-7-11/h3-9H,1-2H3/b13-8+. The molecule has 0 bridgehead atoms. The molecule has 0 saturated heterocycles. The molecule has 0 N–H and O–H groups in total. The highest BCUT2D eigenvalue weighted by molar-refractivity contribution is 7.98. The number of hydrogen-bond donors (Lipinski definition) is 0. The monoisotopic (exact) mass is 231 g/mol. The van der Waals surface area contributed by atoms with Gasteiger partial charge in [0.15, 0.2) is 5.16 Å². The van der Waals surface area contributed by atoms with Gasteiger partial charge in [-0.15, -0.1) is 0 Å². The number of hydrogen-bond acceptors (Lipinski definition) is 3. The lowest BCUT2D eigenvalue weighted by Gasteiger charge is -1.96. The molecule has 0 spiro atoms. The Labute approximate surface area is 99.2 Å². The van der Waals surface area contributed by atoms with E-state index in [1.165, 1.54) is 0 Å². The summed E-state index contributed by atoms with van der Waals surface area (Å²) < 4.78 is 1.80. The Hall–Kier alpha value is -1.55. The van der Waals surface area contributed by atoms with E-state index in [1.807, 2.05) is 55.9 Å². The van der Waals surface area contributed by atoms with Gasteiger partial charge in [-0.05, 0) is 18.7 Å². The van der Waals surface area contributed by atoms with Crippen molar-refractivity contribution < 1.29 is 0 Å². The van der Waals surface area contributed by atoms with Crippen molar-refractivity contribution in [2.75, 3.05) is 6.26 Å². The maximum atomic E-state index is 4.38. The van der Waals surface area contributed by atoms with Crippen molar-refractivity contribution >= 4 is 18.0 Å². The van der Waals surface area contributed by atoms with Crippen LogP contribution in [0, 0.1) is 6.92 Å². The average molecular weight is 231 g/mol. The van der Waals surface area contributed by atoms with E-state index in [-0.39, 0.29) is 0 Å². The second-order valence-electron chi connectivity index (χ2n) is 3.37. The molecule has 3 nitrogen and oxygen atoms in total. The third kappa shape index (κ3) is 2.52. The lowest BCUT2D eigenvalue weighted by molar-refractivity contribution is 0.769. The van der Waals surface area contributed by atoms with Crippen molar-refractivity contribution in [2.45, 2.75) is 12.1 Å². The fourth-order valence-electron chi connectivity index (χ4n) is 1.35. The molecule has 2 rings (SSSR count). The van der Waals surface area contributed by atoms with Crippen LogP contribution in [-0.4, -0.2) is 22.1 Å². The van der Waals surface area contributed by atoms with E-state index in [1.54, 1.807) is 16.4 Å². The van der Waals surface area contributed by atoms with Gasteiger partial charge in [-0.3, -0.25) is 0 Å². The highest BCUT2D eigenvalue weighted by atomic mass is 32.2. The molecule has 0 fully saturated rings. The number of imidazole rings is 1. The number of thioether (sulfide) groups is 1. The van der Waals surface area contributed by atoms with Crippen LogP contribution in [0.3, 0.4) is 0 Å². The van der Waals surface area contributed by atoms with Crippen LogP contribution in [0.4, 0.5) is 0 Å². The van der Waals surface area contributed by atoms with E-state index in [4.69, 9.17) is 0 Å². The zero-order valence-electron chi connectivity index (χ0n) is 9.29. The number of aryl methyl sites for hydroxylation is 1. The SMILES string of the molecule is CSc1nc(C)cn1/N=C/c1ccccc1. The quantitative estimate of drug-likeness (QED) is 0.600. The van der Waals surface area contributed by atoms with Gasteiger partial charge in [0.05, 0.1) is 18.1 Å². The molecule has 0 aliphatic rings. The van der Waals surface area contributed by atoms with E-state index in [2.05, 4.69) is 10.1 Å². The first kappa shape index (κ1) is 11.0. The predicted octanol–water partition coefficient (Wildman–Crippen LogP) is 2.80. The largest absolute Gasteiger partial charge is 0.226 e. The minimum Gasteiger partial charge on any atom is -0.226 e. The first-order chi connectivity index (χ1) is 7.79. The fourth-order valence-corrected chi connectivity index (χ4v) is 1.88. The van der Waals surface area contributed by atoms with Crippen LogP contribution in [0.25, 0.3) is 0 Å². The predicted molar refractivity (Wildman–Crippen MR) is 68.2 cm³/mol. The maximum Gasteiger partial charge on any atom is 0.188 e. The van der Waals surface area contributed by atoms with Gasteiger partial charge >= 0.3 is 0 Å². The third-order valence-electron chi connectivity index (χ3n) is 2.09. The molecule has 16 heavy (non-hydrogen) atoms. The second-order valence-corrected chi connectivity index (χ2v) is 4.14. The fraction of sp³-hybridized carbons (Fsp3) is 0.167. The number of benzene rings is 1. The molecule has 1 aromatic carbocycles. The van der Waals surface area contributed by atoms with Crippen LogP contribution in [-0.2, 0) is 0 Å². The summed E-state index contributed by atoms with van der Waals surface area (Å²) in [6.45, 7) is 1.97. The molecule has 0 saturated carbocycles. The molecular formula is C12H13N3S. The van der Waals surface area contributed by atoms with Crippen LogP contribution in [0.5, 0.6) is 0 Å². The Morgan fingerprint density at radius 1 is 1.31 bits per heavy atom. The smallest absolute Gasteiger partial charge is 0.188 e. The summed E-state index contributed by atoms with van der Waals surface area (Å²) >= 11 is 1.59. The second kappa shape index (κ2) is 4.99. The van der Waals surface area contributed by atoms with Crippen LogP contribution >= 0.6 is 11.8 Å². The van der Waals surface area contributed by atoms with E-state index in [9.17, 15) is 0 Å². The highest BCUT2D eigenvalue weighted by Gasteiger charge is 2.01. The lowest BCUT2D eigenvalue weighted by Crippen LogP contribution is -1.90. The summed E-state index contributed by atoms with van der Waals surface area (Å²) in [5, 5.41) is 5.28. The summed E-state index contributed by atoms with van der Waals surface area (Å²) in [5.74, 6) is 0. The van der Waals surface area contributed by atoms with E-state index >= 15 is 0 Å². The molecule has 0 unspecified atom stereocenters. The van der Waals surface area contributed by atoms with Crippen molar-refractivity contribution in [1.29, 1.82) is 0 Å². The van der Waals surface area contributed by atoms with Crippen molar-refractivity contribution in [3.8, 4) is 0 Å². The van der Waals surface area contributed by atoms with E-state index < -0.39 is 0 Å². The summed E-state index contributed by atoms with van der Waals surface area (Å²) in [5.41, 5.74) is 2.07. The van der Waals surface area contributed by atoms with E-state index in [0.29, 0.717) is 0 Å². The van der Waals surface area contributed by atoms with Gasteiger partial charge in [-0.2, -0.15) is 5.10 Å². The Morgan fingerprint density at radius 2 is 2.06 bits per heavy atom. The Balaban J connectivity index is 2.23. The van der Waals surface area contributed by atoms with Gasteiger partial charge in [0, 0.05) is 0 Å². The number of rotatable bonds is 3. The minimum absolute atomic E-state index is 0.907. The lowest BCUT2D eigenvalue weighted by atomic mass is 10.2. The molecule has 4 heteroatoms. The summed E-state index contributed by atoms with van der Waals surface area (Å²) in [6, 6.07) is 10.0. The van der Waals surface area contributed by atoms with Crippen LogP contribution in [0.2, 0.25) is 0 Å². The Kier molecular flexibility index (Phi) is 3.41. The van der Waals surface area contributed by atoms with E-state index in [0.717, 1.165) is 16.4 Å². The third-order valence-corrected chi connectivity index (χ3v) is 2.73. The summed E-state index contributed by atoms with van der Waals surface area (Å²) in [7, 11) is 0. The summed E-state index contributed by atoms with van der Waals surface area (Å²) in [4.78, 5) is 4.35. The highest BCUT2D eigenvalue weighted by Crippen LogP contribution is 2.13. The first-order valence-corrected chi connectivity index (χ1v) is 6.21. The van der Waals surface area contributed by atoms with Crippen molar-refractivity contribution in [1.82, 2.24) is 9.66 Å². The molecule has 0 amide bonds. The normalized spacial score (nSPS) is 11.1. The molecule has 1 heterocycles. The zero-order valence-corrected chi connectivity index (χ0v) is 10.1. The van der Waals surface area contributed by atoms with Gasteiger partial charge in [0.25, 0.3) is 0 Å². The molecule has 0 radical (unpaired) electrons. The van der Waals surface area contributed by atoms with Gasteiger partial charge in [-0.1, -0.05) is 42.1 Å². The molecular weight excluding hydrogens is 218 g/mol. The van der Waals surface area contributed by atoms with Crippen LogP contribution in [0.1, 0.15) is 11.3 Å². The molecule has 82 valence electrons. The first-order valence-electron chi connectivity index (χ1n) is 4.99. The molecule has 0 aliphatic heterocycles. The molecule has 2 aromatic rings. The van der Waals surface area contributed by atoms with Crippen LogP contribution in [0.15, 0.2) is 46.8 Å².